The van der Waals surface area contributed by atoms with E-state index < -0.39 is 11.8 Å². The van der Waals surface area contributed by atoms with Crippen LogP contribution in [0.3, 0.4) is 0 Å². The molecule has 1 saturated carbocycles. The molecule has 3 rings (SSSR count). The van der Waals surface area contributed by atoms with E-state index in [9.17, 15) is 19.6 Å². The summed E-state index contributed by atoms with van der Waals surface area (Å²) in [6.07, 6.45) is 2.52. The van der Waals surface area contributed by atoms with Crippen LogP contribution in [0.25, 0.3) is 0 Å². The lowest BCUT2D eigenvalue weighted by Crippen LogP contribution is -2.37. The quantitative estimate of drug-likeness (QED) is 0.364. The van der Waals surface area contributed by atoms with Gasteiger partial charge in [0.05, 0.1) is 5.92 Å². The molecular formula is C20H19NO4. The molecule has 1 heterocycles. The Kier molecular flexibility index (Phi) is 5.03. The Hall–Kier alpha value is -2.82. The van der Waals surface area contributed by atoms with E-state index >= 15 is 0 Å². The number of rotatable bonds is 5. The summed E-state index contributed by atoms with van der Waals surface area (Å²) >= 11 is 0. The molecule has 0 N–H and O–H groups in total. The standard InChI is InChI=1S/C20H19NO4/c22-17-10-6-11-18(23)20(17)15(14-7-2-1-3-8-14)13-19(24)16-9-4-5-12-21(16)25/h1-5,7-9,12,15,20H,6,10-11,13H2/t15-/m1/s1. The minimum absolute atomic E-state index is 0.0270. The monoisotopic (exact) mass is 337 g/mol. The first-order valence-corrected chi connectivity index (χ1v) is 8.39. The molecule has 128 valence electrons. The van der Waals surface area contributed by atoms with Gasteiger partial charge in [0.15, 0.2) is 6.20 Å². The zero-order valence-electron chi connectivity index (χ0n) is 13.8. The number of hydrogen-bond acceptors (Lipinski definition) is 4. The van der Waals surface area contributed by atoms with Gasteiger partial charge in [-0.2, -0.15) is 4.73 Å². The van der Waals surface area contributed by atoms with E-state index in [1.54, 1.807) is 12.1 Å². The molecule has 0 saturated heterocycles. The van der Waals surface area contributed by atoms with Gasteiger partial charge in [-0.05, 0) is 18.1 Å². The normalized spacial score (nSPS) is 16.6. The molecule has 5 nitrogen and oxygen atoms in total. The van der Waals surface area contributed by atoms with Gasteiger partial charge in [0, 0.05) is 37.3 Å². The number of carbonyl (C=O) groups excluding carboxylic acids is 3. The lowest BCUT2D eigenvalue weighted by atomic mass is 9.73. The summed E-state index contributed by atoms with van der Waals surface area (Å²) in [4.78, 5) is 37.5. The number of pyridine rings is 1. The summed E-state index contributed by atoms with van der Waals surface area (Å²) in [7, 11) is 0. The Balaban J connectivity index is 1.95. The van der Waals surface area contributed by atoms with E-state index in [-0.39, 0.29) is 29.5 Å². The van der Waals surface area contributed by atoms with Crippen LogP contribution in [0.5, 0.6) is 0 Å². The fourth-order valence-corrected chi connectivity index (χ4v) is 3.45. The molecule has 0 spiro atoms. The van der Waals surface area contributed by atoms with Crippen LogP contribution in [0.4, 0.5) is 0 Å². The van der Waals surface area contributed by atoms with Crippen LogP contribution < -0.4 is 4.73 Å². The summed E-state index contributed by atoms with van der Waals surface area (Å²) < 4.78 is 0.523. The minimum Gasteiger partial charge on any atom is -0.618 e. The van der Waals surface area contributed by atoms with Crippen molar-refractivity contribution in [2.75, 3.05) is 0 Å². The molecule has 1 aromatic heterocycles. The van der Waals surface area contributed by atoms with Crippen molar-refractivity contribution < 1.29 is 19.1 Å². The molecule has 5 heteroatoms. The number of hydrogen-bond donors (Lipinski definition) is 0. The number of benzene rings is 1. The number of Topliss-reactive ketones (excluding diaryl/α,β-unsaturated/α-hetero) is 3. The van der Waals surface area contributed by atoms with Gasteiger partial charge in [-0.1, -0.05) is 30.3 Å². The fraction of sp³-hybridized carbons (Fsp3) is 0.300. The average Bonchev–Trinajstić information content (AvgIpc) is 2.61. The summed E-state index contributed by atoms with van der Waals surface area (Å²) in [6, 6.07) is 13.8. The molecule has 1 aliphatic carbocycles. The predicted molar refractivity (Wildman–Crippen MR) is 90.9 cm³/mol. The van der Waals surface area contributed by atoms with Gasteiger partial charge < -0.3 is 5.21 Å². The van der Waals surface area contributed by atoms with Crippen molar-refractivity contribution in [2.24, 2.45) is 5.92 Å². The Morgan fingerprint density at radius 2 is 1.68 bits per heavy atom. The highest BCUT2D eigenvalue weighted by atomic mass is 16.5. The summed E-state index contributed by atoms with van der Waals surface area (Å²) in [6.45, 7) is 0. The first-order valence-electron chi connectivity index (χ1n) is 8.39. The van der Waals surface area contributed by atoms with Crippen molar-refractivity contribution in [3.05, 3.63) is 71.2 Å². The van der Waals surface area contributed by atoms with Crippen LogP contribution in [0, 0.1) is 11.1 Å². The van der Waals surface area contributed by atoms with Crippen LogP contribution >= 0.6 is 0 Å². The van der Waals surface area contributed by atoms with E-state index in [2.05, 4.69) is 0 Å². The largest absolute Gasteiger partial charge is 0.618 e. The van der Waals surface area contributed by atoms with Crippen molar-refractivity contribution in [2.45, 2.75) is 31.6 Å². The zero-order valence-corrected chi connectivity index (χ0v) is 13.8. The van der Waals surface area contributed by atoms with Gasteiger partial charge in [-0.25, -0.2) is 0 Å². The van der Waals surface area contributed by atoms with Gasteiger partial charge in [0.25, 0.3) is 5.69 Å². The smallest absolute Gasteiger partial charge is 0.259 e. The SMILES string of the molecule is O=C(C[C@H](c1ccccc1)C1C(=O)CCCC1=O)c1cccc[n+]1[O-]. The van der Waals surface area contributed by atoms with E-state index in [0.29, 0.717) is 24.0 Å². The van der Waals surface area contributed by atoms with Crippen molar-refractivity contribution in [3.63, 3.8) is 0 Å². The Morgan fingerprint density at radius 1 is 1.04 bits per heavy atom. The molecule has 0 amide bonds. The lowest BCUT2D eigenvalue weighted by Gasteiger charge is -2.27. The van der Waals surface area contributed by atoms with Gasteiger partial charge in [-0.3, -0.25) is 14.4 Å². The fourth-order valence-electron chi connectivity index (χ4n) is 3.45. The van der Waals surface area contributed by atoms with Crippen molar-refractivity contribution in [1.29, 1.82) is 0 Å². The van der Waals surface area contributed by atoms with Crippen LogP contribution in [0.2, 0.25) is 0 Å². The Morgan fingerprint density at radius 3 is 2.32 bits per heavy atom. The minimum atomic E-state index is -0.802. The third-order valence-electron chi connectivity index (χ3n) is 4.69. The molecule has 0 aliphatic heterocycles. The van der Waals surface area contributed by atoms with E-state index in [1.165, 1.54) is 12.3 Å². The first kappa shape index (κ1) is 17.0. The second-order valence-electron chi connectivity index (χ2n) is 6.32. The average molecular weight is 337 g/mol. The molecule has 0 radical (unpaired) electrons. The van der Waals surface area contributed by atoms with Gasteiger partial charge >= 0.3 is 0 Å². The molecule has 1 aliphatic rings. The van der Waals surface area contributed by atoms with Gasteiger partial charge in [-0.15, -0.1) is 0 Å². The maximum atomic E-state index is 12.7. The van der Waals surface area contributed by atoms with Crippen LogP contribution in [0.1, 0.15) is 47.7 Å². The van der Waals surface area contributed by atoms with E-state index in [0.717, 1.165) is 5.56 Å². The second-order valence-corrected chi connectivity index (χ2v) is 6.32. The molecule has 1 aromatic carbocycles. The Bertz CT molecular complexity index is 784. The topological polar surface area (TPSA) is 78.2 Å². The molecule has 2 aromatic rings. The van der Waals surface area contributed by atoms with E-state index in [4.69, 9.17) is 0 Å². The lowest BCUT2D eigenvalue weighted by molar-refractivity contribution is -0.607. The third-order valence-corrected chi connectivity index (χ3v) is 4.69. The number of nitrogens with zero attached hydrogens (tertiary/aromatic N) is 1. The molecule has 1 atom stereocenters. The molecule has 0 unspecified atom stereocenters. The highest BCUT2D eigenvalue weighted by Crippen LogP contribution is 2.35. The van der Waals surface area contributed by atoms with E-state index in [1.807, 2.05) is 30.3 Å². The first-order chi connectivity index (χ1) is 12.1. The second kappa shape index (κ2) is 7.38. The highest BCUT2D eigenvalue weighted by molar-refractivity contribution is 6.06. The third kappa shape index (κ3) is 3.65. The molecule has 0 bridgehead atoms. The predicted octanol–water partition coefficient (Wildman–Crippen LogP) is 2.61. The molecule has 1 fully saturated rings. The maximum Gasteiger partial charge on any atom is 0.259 e. The zero-order chi connectivity index (χ0) is 17.8. The van der Waals surface area contributed by atoms with Crippen LogP contribution in [-0.2, 0) is 9.59 Å². The summed E-state index contributed by atoms with van der Waals surface area (Å²) in [5.41, 5.74) is 0.803. The van der Waals surface area contributed by atoms with Crippen LogP contribution in [0.15, 0.2) is 54.7 Å². The van der Waals surface area contributed by atoms with Crippen LogP contribution in [-0.4, -0.2) is 17.3 Å². The number of ketones is 3. The maximum absolute atomic E-state index is 12.7. The van der Waals surface area contributed by atoms with Crippen molar-refractivity contribution in [1.82, 2.24) is 0 Å². The summed E-state index contributed by atoms with van der Waals surface area (Å²) in [5, 5.41) is 11.8. The molecular weight excluding hydrogens is 318 g/mol. The number of carbonyl (C=O) groups is 3. The van der Waals surface area contributed by atoms with Gasteiger partial charge in [0.1, 0.15) is 11.6 Å². The highest BCUT2D eigenvalue weighted by Gasteiger charge is 2.39. The Labute approximate surface area is 145 Å². The van der Waals surface area contributed by atoms with Crippen molar-refractivity contribution in [3.8, 4) is 0 Å². The molecule has 25 heavy (non-hydrogen) atoms. The van der Waals surface area contributed by atoms with Crippen molar-refractivity contribution >= 4 is 17.3 Å². The number of aromatic nitrogens is 1. The summed E-state index contributed by atoms with van der Waals surface area (Å²) in [5.74, 6) is -1.92. The van der Waals surface area contributed by atoms with Gasteiger partial charge in [0.2, 0.25) is 5.78 Å².